The number of pyridine rings is 1. The summed E-state index contributed by atoms with van der Waals surface area (Å²) in [4.78, 5) is 29.8. The van der Waals surface area contributed by atoms with Crippen LogP contribution in [0.5, 0.6) is 17.2 Å². The molecule has 6 rings (SSSR count). The van der Waals surface area contributed by atoms with Crippen LogP contribution in [0.1, 0.15) is 23.5 Å². The molecule has 0 saturated heterocycles. The summed E-state index contributed by atoms with van der Waals surface area (Å²) in [6, 6.07) is 18.6. The lowest BCUT2D eigenvalue weighted by Gasteiger charge is -2.15. The second kappa shape index (κ2) is 10.6. The SMILES string of the molecule is COc1ccc(Cn2ncc3c(Oc4ccc(C5CC5(C(N)=O)C(=O)Nc5ccc(F)cc5)cc4F)ccnc32)cc1. The fourth-order valence-corrected chi connectivity index (χ4v) is 5.07. The first-order valence-corrected chi connectivity index (χ1v) is 13.1. The van der Waals surface area contributed by atoms with Gasteiger partial charge in [-0.3, -0.25) is 9.59 Å². The molecule has 3 N–H and O–H groups in total. The maximum Gasteiger partial charge on any atom is 0.240 e. The minimum Gasteiger partial charge on any atom is -0.497 e. The van der Waals surface area contributed by atoms with Crippen LogP contribution in [0.4, 0.5) is 14.5 Å². The molecule has 5 aromatic rings. The minimum absolute atomic E-state index is 0.0461. The van der Waals surface area contributed by atoms with E-state index in [0.29, 0.717) is 34.6 Å². The van der Waals surface area contributed by atoms with Gasteiger partial charge in [0, 0.05) is 17.8 Å². The Morgan fingerprint density at radius 1 is 1.05 bits per heavy atom. The maximum absolute atomic E-state index is 15.3. The van der Waals surface area contributed by atoms with Gasteiger partial charge in [-0.15, -0.1) is 0 Å². The van der Waals surface area contributed by atoms with Crippen molar-refractivity contribution in [2.75, 3.05) is 12.4 Å². The smallest absolute Gasteiger partial charge is 0.240 e. The molecule has 2 heterocycles. The molecule has 2 amide bonds. The number of hydrogen-bond acceptors (Lipinski definition) is 6. The van der Waals surface area contributed by atoms with E-state index in [4.69, 9.17) is 15.2 Å². The second-order valence-corrected chi connectivity index (χ2v) is 10.0. The van der Waals surface area contributed by atoms with E-state index in [1.807, 2.05) is 24.3 Å². The normalized spacial score (nSPS) is 17.5. The van der Waals surface area contributed by atoms with Gasteiger partial charge in [0.25, 0.3) is 0 Å². The predicted molar refractivity (Wildman–Crippen MR) is 150 cm³/mol. The number of halogens is 2. The molecule has 212 valence electrons. The lowest BCUT2D eigenvalue weighted by molar-refractivity contribution is -0.132. The largest absolute Gasteiger partial charge is 0.497 e. The number of primary amides is 1. The van der Waals surface area contributed by atoms with E-state index >= 15 is 4.39 Å². The fraction of sp³-hybridized carbons (Fsp3) is 0.161. The Morgan fingerprint density at radius 2 is 1.81 bits per heavy atom. The van der Waals surface area contributed by atoms with Crippen molar-refractivity contribution in [3.05, 3.63) is 108 Å². The van der Waals surface area contributed by atoms with Gasteiger partial charge in [-0.05, 0) is 72.1 Å². The minimum atomic E-state index is -1.54. The topological polar surface area (TPSA) is 121 Å². The molecule has 1 saturated carbocycles. The molecule has 2 atom stereocenters. The Morgan fingerprint density at radius 3 is 2.50 bits per heavy atom. The number of nitrogens with two attached hydrogens (primary N) is 1. The van der Waals surface area contributed by atoms with Gasteiger partial charge < -0.3 is 20.5 Å². The number of hydrogen-bond donors (Lipinski definition) is 2. The Kier molecular flexibility index (Phi) is 6.77. The summed E-state index contributed by atoms with van der Waals surface area (Å²) in [6.07, 6.45) is 3.28. The van der Waals surface area contributed by atoms with E-state index in [2.05, 4.69) is 15.4 Å². The predicted octanol–water partition coefficient (Wildman–Crippen LogP) is 5.16. The number of amides is 2. The monoisotopic (exact) mass is 569 g/mol. The van der Waals surface area contributed by atoms with E-state index < -0.39 is 34.8 Å². The fourth-order valence-electron chi connectivity index (χ4n) is 5.07. The first kappa shape index (κ1) is 26.9. The van der Waals surface area contributed by atoms with Crippen molar-refractivity contribution in [2.24, 2.45) is 11.1 Å². The van der Waals surface area contributed by atoms with Gasteiger partial charge in [-0.25, -0.2) is 18.4 Å². The van der Waals surface area contributed by atoms with Gasteiger partial charge in [0.1, 0.15) is 22.7 Å². The van der Waals surface area contributed by atoms with Crippen LogP contribution >= 0.6 is 0 Å². The quantitative estimate of drug-likeness (QED) is 0.237. The van der Waals surface area contributed by atoms with Crippen molar-refractivity contribution >= 4 is 28.5 Å². The number of rotatable bonds is 9. The van der Waals surface area contributed by atoms with Crippen molar-refractivity contribution < 1.29 is 27.8 Å². The van der Waals surface area contributed by atoms with Crippen LogP contribution in [0.3, 0.4) is 0 Å². The zero-order valence-electron chi connectivity index (χ0n) is 22.4. The highest BCUT2D eigenvalue weighted by Crippen LogP contribution is 2.60. The Labute approximate surface area is 238 Å². The Hall–Kier alpha value is -5.32. The molecule has 1 aliphatic carbocycles. The zero-order chi connectivity index (χ0) is 29.4. The van der Waals surface area contributed by atoms with E-state index in [0.717, 1.165) is 11.3 Å². The third-order valence-electron chi connectivity index (χ3n) is 7.48. The molecule has 1 aliphatic rings. The first-order chi connectivity index (χ1) is 20.3. The van der Waals surface area contributed by atoms with Gasteiger partial charge >= 0.3 is 0 Å². The van der Waals surface area contributed by atoms with Gasteiger partial charge in [-0.1, -0.05) is 18.2 Å². The third kappa shape index (κ3) is 4.89. The van der Waals surface area contributed by atoms with E-state index in [1.54, 1.807) is 36.3 Å². The standard InChI is InChI=1S/C31H25F2N5O4/c1-41-22-9-2-18(3-10-22)17-38-28-23(16-36-38)26(12-13-35-28)42-27-11-4-19(14-25(27)33)24-15-31(24,29(34)39)30(40)37-21-7-5-20(32)6-8-21/h2-14,16,24H,15,17H2,1H3,(H2,34,39)(H,37,40). The van der Waals surface area contributed by atoms with Crippen LogP contribution in [-0.4, -0.2) is 33.7 Å². The molecule has 42 heavy (non-hydrogen) atoms. The summed E-state index contributed by atoms with van der Waals surface area (Å²) in [7, 11) is 1.61. The Balaban J connectivity index is 1.20. The number of methoxy groups -OCH3 is 1. The molecule has 1 fully saturated rings. The number of anilines is 1. The number of carbonyl (C=O) groups is 2. The van der Waals surface area contributed by atoms with Crippen molar-refractivity contribution in [3.8, 4) is 17.2 Å². The zero-order valence-corrected chi connectivity index (χ0v) is 22.4. The molecular formula is C31H25F2N5O4. The van der Waals surface area contributed by atoms with Crippen molar-refractivity contribution in [1.29, 1.82) is 0 Å². The number of nitrogens with one attached hydrogen (secondary N) is 1. The molecule has 3 aromatic carbocycles. The second-order valence-electron chi connectivity index (χ2n) is 10.0. The van der Waals surface area contributed by atoms with Gasteiger partial charge in [-0.2, -0.15) is 5.10 Å². The van der Waals surface area contributed by atoms with Crippen LogP contribution in [0.2, 0.25) is 0 Å². The molecule has 11 heteroatoms. The van der Waals surface area contributed by atoms with Gasteiger partial charge in [0.15, 0.2) is 17.2 Å². The lowest BCUT2D eigenvalue weighted by Crippen LogP contribution is -2.37. The van der Waals surface area contributed by atoms with Crippen molar-refractivity contribution in [3.63, 3.8) is 0 Å². The van der Waals surface area contributed by atoms with Crippen LogP contribution in [0.25, 0.3) is 11.0 Å². The van der Waals surface area contributed by atoms with Crippen molar-refractivity contribution in [2.45, 2.75) is 18.9 Å². The van der Waals surface area contributed by atoms with Crippen LogP contribution in [0, 0.1) is 17.0 Å². The van der Waals surface area contributed by atoms with Crippen LogP contribution in [0.15, 0.2) is 85.2 Å². The number of ether oxygens (including phenoxy) is 2. The van der Waals surface area contributed by atoms with Crippen LogP contribution < -0.4 is 20.5 Å². The molecule has 0 spiro atoms. The lowest BCUT2D eigenvalue weighted by atomic mass is 9.97. The molecule has 0 bridgehead atoms. The molecule has 0 aliphatic heterocycles. The van der Waals surface area contributed by atoms with Gasteiger partial charge in [0.05, 0.1) is 25.2 Å². The number of benzene rings is 3. The average molecular weight is 570 g/mol. The highest BCUT2D eigenvalue weighted by atomic mass is 19.1. The number of fused-ring (bicyclic) bond motifs is 1. The summed E-state index contributed by atoms with van der Waals surface area (Å²) < 4.78 is 41.4. The molecule has 9 nitrogen and oxygen atoms in total. The van der Waals surface area contributed by atoms with Crippen molar-refractivity contribution in [1.82, 2.24) is 14.8 Å². The molecule has 2 unspecified atom stereocenters. The van der Waals surface area contributed by atoms with E-state index in [-0.39, 0.29) is 12.2 Å². The van der Waals surface area contributed by atoms with Crippen LogP contribution in [-0.2, 0) is 16.1 Å². The van der Waals surface area contributed by atoms with E-state index in [1.165, 1.54) is 36.4 Å². The molecule has 2 aromatic heterocycles. The number of carbonyl (C=O) groups excluding carboxylic acids is 2. The maximum atomic E-state index is 15.3. The first-order valence-electron chi connectivity index (χ1n) is 13.1. The number of aromatic nitrogens is 3. The summed E-state index contributed by atoms with van der Waals surface area (Å²) in [5.74, 6) is -2.14. The molecule has 0 radical (unpaired) electrons. The summed E-state index contributed by atoms with van der Waals surface area (Å²) >= 11 is 0. The highest BCUT2D eigenvalue weighted by molar-refractivity contribution is 6.14. The highest BCUT2D eigenvalue weighted by Gasteiger charge is 2.65. The number of nitrogens with zero attached hydrogens (tertiary/aromatic N) is 3. The van der Waals surface area contributed by atoms with E-state index in [9.17, 15) is 14.0 Å². The Bertz CT molecular complexity index is 1810. The molecular weight excluding hydrogens is 544 g/mol. The summed E-state index contributed by atoms with van der Waals surface area (Å²) in [5.41, 5.74) is 6.39. The third-order valence-corrected chi connectivity index (χ3v) is 7.48. The summed E-state index contributed by atoms with van der Waals surface area (Å²) in [5, 5.41) is 7.64. The average Bonchev–Trinajstić information content (AvgIpc) is 3.64. The van der Waals surface area contributed by atoms with Gasteiger partial charge in [0.2, 0.25) is 11.8 Å². The summed E-state index contributed by atoms with van der Waals surface area (Å²) in [6.45, 7) is 0.463.